The normalized spacial score (nSPS) is 17.5. The summed E-state index contributed by atoms with van der Waals surface area (Å²) in [6.45, 7) is 10.2. The van der Waals surface area contributed by atoms with Gasteiger partial charge in [0.25, 0.3) is 5.56 Å². The highest BCUT2D eigenvalue weighted by molar-refractivity contribution is 5.46. The summed E-state index contributed by atoms with van der Waals surface area (Å²) in [5, 5.41) is 0. The maximum absolute atomic E-state index is 12.6. The first kappa shape index (κ1) is 28.1. The van der Waals surface area contributed by atoms with Crippen molar-refractivity contribution in [2.45, 2.75) is 25.9 Å². The van der Waals surface area contributed by atoms with Crippen LogP contribution >= 0.6 is 0 Å². The van der Waals surface area contributed by atoms with E-state index in [1.54, 1.807) is 20.3 Å². The van der Waals surface area contributed by atoms with Crippen LogP contribution in [0.15, 0.2) is 59.4 Å². The number of H-pyrrole nitrogens is 1. The van der Waals surface area contributed by atoms with E-state index in [0.717, 1.165) is 101 Å². The number of para-hydroxylation sites is 1. The molecule has 1 aromatic heterocycles. The SMILES string of the molecule is COc1cccc(CN2CCCN(c3nc(CN4CCN(CCc5ccccc5)CC4)cc(=O)[nH]3)CC2)c1OC. The molecule has 5 rings (SSSR count). The van der Waals surface area contributed by atoms with E-state index in [4.69, 9.17) is 14.5 Å². The fraction of sp³-hybridized carbons (Fsp3) is 0.484. The predicted molar refractivity (Wildman–Crippen MR) is 158 cm³/mol. The van der Waals surface area contributed by atoms with E-state index in [2.05, 4.69) is 61.0 Å². The molecular weight excluding hydrogens is 504 g/mol. The fourth-order valence-corrected chi connectivity index (χ4v) is 5.72. The number of ether oxygens (including phenoxy) is 2. The van der Waals surface area contributed by atoms with E-state index >= 15 is 0 Å². The monoisotopic (exact) mass is 546 g/mol. The third-order valence-electron chi connectivity index (χ3n) is 7.96. The minimum absolute atomic E-state index is 0.0799. The van der Waals surface area contributed by atoms with Crippen LogP contribution in [0.3, 0.4) is 0 Å². The van der Waals surface area contributed by atoms with Crippen LogP contribution in [-0.4, -0.2) is 97.8 Å². The van der Waals surface area contributed by atoms with Gasteiger partial charge in [0.05, 0.1) is 19.9 Å². The lowest BCUT2D eigenvalue weighted by atomic mass is 10.1. The van der Waals surface area contributed by atoms with Gasteiger partial charge in [0, 0.05) is 83.6 Å². The van der Waals surface area contributed by atoms with E-state index in [0.29, 0.717) is 12.5 Å². The molecule has 1 N–H and O–H groups in total. The molecular formula is C31H42N6O3. The standard InChI is InChI=1S/C31H42N6O3/c1-39-28-11-6-10-26(30(28)40-2)23-35-13-7-14-37(21-20-35)31-32-27(22-29(38)33-31)24-36-18-16-34(17-19-36)15-12-25-8-4-3-5-9-25/h3-6,8-11,22H,7,12-21,23-24H2,1-2H3,(H,32,33,38). The molecule has 0 aliphatic carbocycles. The number of methoxy groups -OCH3 is 2. The molecule has 214 valence electrons. The van der Waals surface area contributed by atoms with E-state index in [1.165, 1.54) is 5.56 Å². The van der Waals surface area contributed by atoms with Gasteiger partial charge in [-0.15, -0.1) is 0 Å². The highest BCUT2D eigenvalue weighted by Crippen LogP contribution is 2.31. The Balaban J connectivity index is 1.14. The third kappa shape index (κ3) is 7.41. The molecule has 0 amide bonds. The fourth-order valence-electron chi connectivity index (χ4n) is 5.72. The first-order valence-electron chi connectivity index (χ1n) is 14.4. The summed E-state index contributed by atoms with van der Waals surface area (Å²) in [6, 6.07) is 18.4. The Labute approximate surface area is 237 Å². The number of hydrogen-bond donors (Lipinski definition) is 1. The molecule has 9 heteroatoms. The van der Waals surface area contributed by atoms with E-state index in [-0.39, 0.29) is 5.56 Å². The Kier molecular flexibility index (Phi) is 9.70. The number of benzene rings is 2. The molecule has 0 spiro atoms. The maximum atomic E-state index is 12.6. The maximum Gasteiger partial charge on any atom is 0.252 e. The summed E-state index contributed by atoms with van der Waals surface area (Å²) < 4.78 is 11.1. The first-order valence-corrected chi connectivity index (χ1v) is 14.4. The molecule has 0 atom stereocenters. The molecule has 2 aromatic carbocycles. The van der Waals surface area contributed by atoms with Crippen LogP contribution in [0.2, 0.25) is 0 Å². The van der Waals surface area contributed by atoms with Crippen molar-refractivity contribution in [3.05, 3.63) is 81.8 Å². The topological polar surface area (TPSA) is 77.2 Å². The van der Waals surface area contributed by atoms with Crippen molar-refractivity contribution in [1.29, 1.82) is 0 Å². The van der Waals surface area contributed by atoms with Crippen LogP contribution in [0.4, 0.5) is 5.95 Å². The summed E-state index contributed by atoms with van der Waals surface area (Å²) >= 11 is 0. The number of nitrogens with zero attached hydrogens (tertiary/aromatic N) is 5. The molecule has 2 aliphatic rings. The van der Waals surface area contributed by atoms with Crippen molar-refractivity contribution >= 4 is 5.95 Å². The molecule has 0 saturated carbocycles. The van der Waals surface area contributed by atoms with Gasteiger partial charge < -0.3 is 19.3 Å². The van der Waals surface area contributed by atoms with Gasteiger partial charge in [-0.3, -0.25) is 19.6 Å². The number of hydrogen-bond acceptors (Lipinski definition) is 8. The molecule has 2 saturated heterocycles. The van der Waals surface area contributed by atoms with E-state index in [9.17, 15) is 4.79 Å². The largest absolute Gasteiger partial charge is 0.493 e. The van der Waals surface area contributed by atoms with Gasteiger partial charge >= 0.3 is 0 Å². The van der Waals surface area contributed by atoms with Crippen molar-refractivity contribution in [3.63, 3.8) is 0 Å². The average Bonchev–Trinajstić information content (AvgIpc) is 3.22. The van der Waals surface area contributed by atoms with E-state index in [1.807, 2.05) is 12.1 Å². The molecule has 0 unspecified atom stereocenters. The average molecular weight is 547 g/mol. The van der Waals surface area contributed by atoms with Crippen LogP contribution in [0.25, 0.3) is 0 Å². The summed E-state index contributed by atoms with van der Waals surface area (Å²) in [5.41, 5.74) is 3.27. The summed E-state index contributed by atoms with van der Waals surface area (Å²) in [6.07, 6.45) is 2.07. The number of nitrogens with one attached hydrogen (secondary N) is 1. The Morgan fingerprint density at radius 1 is 0.800 bits per heavy atom. The zero-order valence-electron chi connectivity index (χ0n) is 23.8. The van der Waals surface area contributed by atoms with Crippen LogP contribution < -0.4 is 19.9 Å². The Morgan fingerprint density at radius 2 is 1.55 bits per heavy atom. The van der Waals surface area contributed by atoms with Gasteiger partial charge in [0.2, 0.25) is 5.95 Å². The molecule has 0 radical (unpaired) electrons. The van der Waals surface area contributed by atoms with E-state index < -0.39 is 0 Å². The molecule has 3 aromatic rings. The van der Waals surface area contributed by atoms with Crippen molar-refractivity contribution < 1.29 is 9.47 Å². The lowest BCUT2D eigenvalue weighted by Crippen LogP contribution is -2.46. The van der Waals surface area contributed by atoms with Crippen LogP contribution in [0.5, 0.6) is 11.5 Å². The van der Waals surface area contributed by atoms with Crippen molar-refractivity contribution in [2.75, 3.05) is 78.0 Å². The zero-order valence-corrected chi connectivity index (χ0v) is 23.8. The van der Waals surface area contributed by atoms with Gasteiger partial charge in [-0.2, -0.15) is 0 Å². The Morgan fingerprint density at radius 3 is 2.33 bits per heavy atom. The Hall–Kier alpha value is -3.40. The van der Waals surface area contributed by atoms with Gasteiger partial charge in [0.1, 0.15) is 0 Å². The molecule has 2 fully saturated rings. The summed E-state index contributed by atoms with van der Waals surface area (Å²) in [5.74, 6) is 2.23. The van der Waals surface area contributed by atoms with Crippen molar-refractivity contribution in [1.82, 2.24) is 24.7 Å². The van der Waals surface area contributed by atoms with Gasteiger partial charge in [-0.25, -0.2) is 4.98 Å². The molecule has 3 heterocycles. The Bertz CT molecular complexity index is 1280. The number of aromatic amines is 1. The minimum Gasteiger partial charge on any atom is -0.493 e. The third-order valence-corrected chi connectivity index (χ3v) is 7.96. The summed E-state index contributed by atoms with van der Waals surface area (Å²) in [4.78, 5) is 30.1. The number of piperazine rings is 1. The van der Waals surface area contributed by atoms with Crippen LogP contribution in [0, 0.1) is 0 Å². The molecule has 40 heavy (non-hydrogen) atoms. The highest BCUT2D eigenvalue weighted by atomic mass is 16.5. The molecule has 2 aliphatic heterocycles. The first-order chi connectivity index (χ1) is 19.6. The quantitative estimate of drug-likeness (QED) is 0.416. The second kappa shape index (κ2) is 13.8. The predicted octanol–water partition coefficient (Wildman–Crippen LogP) is 2.86. The highest BCUT2D eigenvalue weighted by Gasteiger charge is 2.21. The lowest BCUT2D eigenvalue weighted by molar-refractivity contribution is 0.127. The molecule has 0 bridgehead atoms. The second-order valence-corrected chi connectivity index (χ2v) is 10.7. The smallest absolute Gasteiger partial charge is 0.252 e. The number of rotatable bonds is 10. The number of aromatic nitrogens is 2. The van der Waals surface area contributed by atoms with Crippen molar-refractivity contribution in [3.8, 4) is 11.5 Å². The minimum atomic E-state index is -0.0799. The van der Waals surface area contributed by atoms with Crippen LogP contribution in [-0.2, 0) is 19.5 Å². The molecule has 9 nitrogen and oxygen atoms in total. The number of anilines is 1. The van der Waals surface area contributed by atoms with Crippen molar-refractivity contribution in [2.24, 2.45) is 0 Å². The van der Waals surface area contributed by atoms with Crippen LogP contribution in [0.1, 0.15) is 23.2 Å². The summed E-state index contributed by atoms with van der Waals surface area (Å²) in [7, 11) is 3.35. The second-order valence-electron chi connectivity index (χ2n) is 10.7. The zero-order chi connectivity index (χ0) is 27.7. The van der Waals surface area contributed by atoms with Gasteiger partial charge in [-0.05, 0) is 24.5 Å². The van der Waals surface area contributed by atoms with Gasteiger partial charge in [0.15, 0.2) is 11.5 Å². The lowest BCUT2D eigenvalue weighted by Gasteiger charge is -2.34. The van der Waals surface area contributed by atoms with Gasteiger partial charge in [-0.1, -0.05) is 42.5 Å².